The van der Waals surface area contributed by atoms with Crippen molar-refractivity contribution in [3.05, 3.63) is 33.1 Å². The molecule has 0 bridgehead atoms. The van der Waals surface area contributed by atoms with Gasteiger partial charge in [-0.2, -0.15) is 0 Å². The Hall–Kier alpha value is 0.140. The van der Waals surface area contributed by atoms with E-state index in [4.69, 9.17) is 0 Å². The lowest BCUT2D eigenvalue weighted by molar-refractivity contribution is 1.47. The first-order valence-electron chi connectivity index (χ1n) is 3.96. The van der Waals surface area contributed by atoms with E-state index < -0.39 is 0 Å². The second kappa shape index (κ2) is 3.71. The molecule has 0 saturated carbocycles. The Kier molecular flexibility index (Phi) is 2.77. The molecule has 3 heteroatoms. The van der Waals surface area contributed by atoms with Crippen LogP contribution in [-0.4, -0.2) is 0 Å². The molecule has 0 N–H and O–H groups in total. The second-order valence-electron chi connectivity index (χ2n) is 2.94. The largest absolute Gasteiger partial charge is 0.139 e. The first kappa shape index (κ1) is 9.69. The van der Waals surface area contributed by atoms with E-state index in [-0.39, 0.29) is 0 Å². The summed E-state index contributed by atoms with van der Waals surface area (Å²) in [4.78, 5) is 1.35. The van der Waals surface area contributed by atoms with Gasteiger partial charge in [-0.1, -0.05) is 22.0 Å². The van der Waals surface area contributed by atoms with E-state index in [1.165, 1.54) is 25.0 Å². The summed E-state index contributed by atoms with van der Waals surface area (Å²) >= 11 is 8.91. The summed E-state index contributed by atoms with van der Waals surface area (Å²) in [5.74, 6) is 0. The summed E-state index contributed by atoms with van der Waals surface area (Å²) < 4.78 is 2.60. The van der Waals surface area contributed by atoms with Gasteiger partial charge in [0.1, 0.15) is 0 Å². The number of aryl methyl sites for hydroxylation is 1. The van der Waals surface area contributed by atoms with Gasteiger partial charge in [0.2, 0.25) is 0 Å². The predicted molar refractivity (Wildman–Crippen MR) is 66.9 cm³/mol. The molecule has 2 rings (SSSR count). The van der Waals surface area contributed by atoms with E-state index >= 15 is 0 Å². The highest BCUT2D eigenvalue weighted by Crippen LogP contribution is 2.35. The van der Waals surface area contributed by atoms with Crippen LogP contribution in [0, 0.1) is 6.92 Å². The number of benzene rings is 1. The van der Waals surface area contributed by atoms with E-state index in [1.54, 1.807) is 0 Å². The molecule has 1 aromatic carbocycles. The molecule has 0 aliphatic rings. The summed E-state index contributed by atoms with van der Waals surface area (Å²) in [6, 6.07) is 6.59. The molecule has 0 unspecified atom stereocenters. The van der Waals surface area contributed by atoms with Crippen LogP contribution in [0.2, 0.25) is 0 Å². The van der Waals surface area contributed by atoms with Crippen molar-refractivity contribution in [2.45, 2.75) is 12.3 Å². The van der Waals surface area contributed by atoms with Gasteiger partial charge in [-0.15, -0.1) is 11.3 Å². The highest BCUT2D eigenvalue weighted by atomic mass is 79.9. The van der Waals surface area contributed by atoms with Crippen LogP contribution in [-0.2, 0) is 5.33 Å². The summed E-state index contributed by atoms with van der Waals surface area (Å²) in [7, 11) is 0. The molecule has 1 heterocycles. The van der Waals surface area contributed by atoms with Crippen molar-refractivity contribution in [1.29, 1.82) is 0 Å². The molecule has 0 atom stereocenters. The Morgan fingerprint density at radius 2 is 2.15 bits per heavy atom. The lowest BCUT2D eigenvalue weighted by Gasteiger charge is -1.95. The van der Waals surface area contributed by atoms with Crippen LogP contribution < -0.4 is 0 Å². The molecule has 1 aromatic heterocycles. The zero-order chi connectivity index (χ0) is 9.42. The van der Waals surface area contributed by atoms with Gasteiger partial charge >= 0.3 is 0 Å². The minimum Gasteiger partial charge on any atom is -0.139 e. The van der Waals surface area contributed by atoms with Gasteiger partial charge in [0.15, 0.2) is 0 Å². The third-order valence-corrected chi connectivity index (χ3v) is 5.02. The lowest BCUT2D eigenvalue weighted by atomic mass is 10.2. The maximum absolute atomic E-state index is 3.61. The van der Waals surface area contributed by atoms with Gasteiger partial charge < -0.3 is 0 Å². The Morgan fingerprint density at radius 3 is 2.85 bits per heavy atom. The maximum atomic E-state index is 3.61. The van der Waals surface area contributed by atoms with Gasteiger partial charge in [-0.3, -0.25) is 0 Å². The maximum Gasteiger partial charge on any atom is 0.0390 e. The Morgan fingerprint density at radius 1 is 1.38 bits per heavy atom. The fourth-order valence-corrected chi connectivity index (χ4v) is 3.31. The molecular formula is C10H8Br2S. The van der Waals surface area contributed by atoms with Crippen molar-refractivity contribution in [3.63, 3.8) is 0 Å². The minimum absolute atomic E-state index is 0.921. The molecular weight excluding hydrogens is 312 g/mol. The van der Waals surface area contributed by atoms with Gasteiger partial charge in [-0.25, -0.2) is 0 Å². The van der Waals surface area contributed by atoms with Crippen LogP contribution in [0.3, 0.4) is 0 Å². The normalized spacial score (nSPS) is 11.0. The SMILES string of the molecule is Cc1sc2ccc(CBr)cc2c1Br. The Bertz CT molecular complexity index is 445. The van der Waals surface area contributed by atoms with E-state index in [9.17, 15) is 0 Å². The highest BCUT2D eigenvalue weighted by Gasteiger charge is 2.05. The monoisotopic (exact) mass is 318 g/mol. The molecule has 13 heavy (non-hydrogen) atoms. The Labute approximate surface area is 98.2 Å². The molecule has 0 saturated heterocycles. The first-order chi connectivity index (χ1) is 6.22. The number of thiophene rings is 1. The first-order valence-corrected chi connectivity index (χ1v) is 6.69. The van der Waals surface area contributed by atoms with E-state index in [0.717, 1.165) is 5.33 Å². The number of fused-ring (bicyclic) bond motifs is 1. The van der Waals surface area contributed by atoms with Crippen LogP contribution in [0.1, 0.15) is 10.4 Å². The zero-order valence-corrected chi connectivity index (χ0v) is 11.1. The molecule has 0 radical (unpaired) electrons. The third-order valence-electron chi connectivity index (χ3n) is 2.01. The molecule has 0 aliphatic carbocycles. The van der Waals surface area contributed by atoms with Crippen molar-refractivity contribution >= 4 is 53.3 Å². The predicted octanol–water partition coefficient (Wildman–Crippen LogP) is 4.87. The number of hydrogen-bond acceptors (Lipinski definition) is 1. The van der Waals surface area contributed by atoms with E-state index in [2.05, 4.69) is 57.0 Å². The van der Waals surface area contributed by atoms with E-state index in [0.29, 0.717) is 0 Å². The van der Waals surface area contributed by atoms with Gasteiger partial charge in [0.05, 0.1) is 0 Å². The number of hydrogen-bond donors (Lipinski definition) is 0. The fourth-order valence-electron chi connectivity index (χ4n) is 1.32. The topological polar surface area (TPSA) is 0 Å². The van der Waals surface area contributed by atoms with Crippen LogP contribution in [0.5, 0.6) is 0 Å². The van der Waals surface area contributed by atoms with Crippen molar-refractivity contribution in [1.82, 2.24) is 0 Å². The van der Waals surface area contributed by atoms with Crippen molar-refractivity contribution in [3.8, 4) is 0 Å². The number of rotatable bonds is 1. The molecule has 2 aromatic rings. The Balaban J connectivity index is 2.75. The second-order valence-corrected chi connectivity index (χ2v) is 5.55. The molecule has 0 spiro atoms. The molecule has 0 fully saturated rings. The lowest BCUT2D eigenvalue weighted by Crippen LogP contribution is -1.74. The van der Waals surface area contributed by atoms with Crippen LogP contribution in [0.15, 0.2) is 22.7 Å². The fraction of sp³-hybridized carbons (Fsp3) is 0.200. The average molecular weight is 320 g/mol. The van der Waals surface area contributed by atoms with Gasteiger partial charge in [0.25, 0.3) is 0 Å². The summed E-state index contributed by atoms with van der Waals surface area (Å²) in [6.07, 6.45) is 0. The summed E-state index contributed by atoms with van der Waals surface area (Å²) in [5.41, 5.74) is 1.33. The third kappa shape index (κ3) is 1.69. The smallest absolute Gasteiger partial charge is 0.0390 e. The van der Waals surface area contributed by atoms with Crippen molar-refractivity contribution < 1.29 is 0 Å². The molecule has 0 nitrogen and oxygen atoms in total. The standard InChI is InChI=1S/C10H8Br2S/c1-6-10(12)8-4-7(5-11)2-3-9(8)13-6/h2-4H,5H2,1H3. The average Bonchev–Trinajstić information content (AvgIpc) is 2.43. The van der Waals surface area contributed by atoms with Crippen molar-refractivity contribution in [2.75, 3.05) is 0 Å². The van der Waals surface area contributed by atoms with Gasteiger partial charge in [-0.05, 0) is 40.5 Å². The zero-order valence-electron chi connectivity index (χ0n) is 7.10. The van der Waals surface area contributed by atoms with E-state index in [1.807, 2.05) is 11.3 Å². The van der Waals surface area contributed by atoms with Crippen molar-refractivity contribution in [2.24, 2.45) is 0 Å². The summed E-state index contributed by atoms with van der Waals surface area (Å²) in [5, 5.41) is 2.25. The molecule has 68 valence electrons. The quantitative estimate of drug-likeness (QED) is 0.658. The highest BCUT2D eigenvalue weighted by molar-refractivity contribution is 9.10. The van der Waals surface area contributed by atoms with Gasteiger partial charge in [0, 0.05) is 24.8 Å². The number of halogens is 2. The molecule has 0 aliphatic heterocycles. The summed E-state index contributed by atoms with van der Waals surface area (Å²) in [6.45, 7) is 2.14. The van der Waals surface area contributed by atoms with Crippen LogP contribution >= 0.6 is 43.2 Å². The molecule has 0 amide bonds. The van der Waals surface area contributed by atoms with Crippen LogP contribution in [0.4, 0.5) is 0 Å². The number of alkyl halides is 1. The van der Waals surface area contributed by atoms with Crippen LogP contribution in [0.25, 0.3) is 10.1 Å². The minimum atomic E-state index is 0.921.